The van der Waals surface area contributed by atoms with Crippen molar-refractivity contribution in [2.75, 3.05) is 0 Å². The van der Waals surface area contributed by atoms with E-state index in [1.807, 2.05) is 53.7 Å². The summed E-state index contributed by atoms with van der Waals surface area (Å²) in [5.74, 6) is 0. The lowest BCUT2D eigenvalue weighted by Crippen LogP contribution is -2.18. The van der Waals surface area contributed by atoms with Crippen molar-refractivity contribution in [3.8, 4) is 33.6 Å². The zero-order valence-corrected chi connectivity index (χ0v) is 26.7. The maximum absolute atomic E-state index is 14.5. The second-order valence-electron chi connectivity index (χ2n) is 13.9. The van der Waals surface area contributed by atoms with Crippen LogP contribution in [0.1, 0.15) is 63.8 Å². The first-order valence-electron chi connectivity index (χ1n) is 15.1. The average Bonchev–Trinajstić information content (AvgIpc) is 3.37. The SMILES string of the molecule is CC(C)(C)c1cnc(-c2cc(C(F)(F)F)cc3c2[nH]c2c(-c4cccc(-c5ccccn5)c4)cc(C(F)(F)F)cc23)c(C(C)(C)C)c1. The predicted octanol–water partition coefficient (Wildman–Crippen LogP) is 11.7. The molecule has 0 amide bonds. The summed E-state index contributed by atoms with van der Waals surface area (Å²) in [6.45, 7) is 11.9. The highest BCUT2D eigenvalue weighted by Crippen LogP contribution is 2.46. The summed E-state index contributed by atoms with van der Waals surface area (Å²) in [6, 6.07) is 18.2. The Labute approximate surface area is 268 Å². The van der Waals surface area contributed by atoms with Crippen molar-refractivity contribution < 1.29 is 26.3 Å². The van der Waals surface area contributed by atoms with Gasteiger partial charge in [0.1, 0.15) is 0 Å². The zero-order chi connectivity index (χ0) is 34.1. The molecule has 0 spiro atoms. The molecule has 0 saturated heterocycles. The van der Waals surface area contributed by atoms with Crippen molar-refractivity contribution >= 4 is 21.8 Å². The number of pyridine rings is 2. The van der Waals surface area contributed by atoms with Crippen molar-refractivity contribution in [1.29, 1.82) is 0 Å². The molecule has 0 radical (unpaired) electrons. The van der Waals surface area contributed by atoms with Crippen LogP contribution in [0.15, 0.2) is 85.2 Å². The van der Waals surface area contributed by atoms with E-state index in [-0.39, 0.29) is 38.3 Å². The Bertz CT molecular complexity index is 2130. The van der Waals surface area contributed by atoms with E-state index in [0.717, 1.165) is 35.4 Å². The fourth-order valence-corrected chi connectivity index (χ4v) is 5.89. The molecule has 6 rings (SSSR count). The largest absolute Gasteiger partial charge is 0.416 e. The van der Waals surface area contributed by atoms with Crippen LogP contribution in [0.2, 0.25) is 0 Å². The second kappa shape index (κ2) is 11.0. The molecule has 0 fully saturated rings. The van der Waals surface area contributed by atoms with E-state index in [2.05, 4.69) is 9.97 Å². The minimum Gasteiger partial charge on any atom is -0.353 e. The predicted molar refractivity (Wildman–Crippen MR) is 175 cm³/mol. The minimum absolute atomic E-state index is 0.0274. The lowest BCUT2D eigenvalue weighted by Gasteiger charge is -2.27. The average molecular weight is 646 g/mol. The molecule has 0 aliphatic carbocycles. The molecule has 47 heavy (non-hydrogen) atoms. The van der Waals surface area contributed by atoms with E-state index >= 15 is 0 Å². The normalized spacial score (nSPS) is 13.1. The quantitative estimate of drug-likeness (QED) is 0.195. The number of hydrogen-bond donors (Lipinski definition) is 1. The number of alkyl halides is 6. The van der Waals surface area contributed by atoms with Crippen molar-refractivity contribution in [1.82, 2.24) is 15.0 Å². The molecule has 0 atom stereocenters. The monoisotopic (exact) mass is 645 g/mol. The van der Waals surface area contributed by atoms with Crippen LogP contribution in [-0.4, -0.2) is 15.0 Å². The number of aromatic amines is 1. The van der Waals surface area contributed by atoms with Crippen molar-refractivity contribution in [2.24, 2.45) is 0 Å². The van der Waals surface area contributed by atoms with Gasteiger partial charge in [0.25, 0.3) is 0 Å². The highest BCUT2D eigenvalue weighted by atomic mass is 19.4. The van der Waals surface area contributed by atoms with Crippen molar-refractivity contribution in [3.63, 3.8) is 0 Å². The molecule has 6 aromatic rings. The molecule has 3 aromatic carbocycles. The molecule has 3 aromatic heterocycles. The number of aromatic nitrogens is 3. The van der Waals surface area contributed by atoms with Crippen LogP contribution in [0.25, 0.3) is 55.4 Å². The number of fused-ring (bicyclic) bond motifs is 3. The molecular weight excluding hydrogens is 612 g/mol. The Hall–Kier alpha value is -4.66. The van der Waals surface area contributed by atoms with E-state index in [4.69, 9.17) is 4.98 Å². The topological polar surface area (TPSA) is 41.6 Å². The van der Waals surface area contributed by atoms with E-state index in [1.54, 1.807) is 48.8 Å². The van der Waals surface area contributed by atoms with Gasteiger partial charge >= 0.3 is 12.4 Å². The molecule has 242 valence electrons. The Morgan fingerprint density at radius 3 is 1.70 bits per heavy atom. The minimum atomic E-state index is -4.76. The molecule has 1 N–H and O–H groups in total. The Kier molecular flexibility index (Phi) is 7.53. The van der Waals surface area contributed by atoms with Gasteiger partial charge in [0.2, 0.25) is 0 Å². The fourth-order valence-electron chi connectivity index (χ4n) is 5.89. The summed E-state index contributed by atoms with van der Waals surface area (Å²) in [6.07, 6.45) is -6.23. The van der Waals surface area contributed by atoms with E-state index in [9.17, 15) is 26.3 Å². The van der Waals surface area contributed by atoms with Gasteiger partial charge in [-0.1, -0.05) is 71.9 Å². The van der Waals surface area contributed by atoms with Crippen LogP contribution in [-0.2, 0) is 23.2 Å². The highest BCUT2D eigenvalue weighted by molar-refractivity contribution is 6.16. The van der Waals surface area contributed by atoms with E-state index in [0.29, 0.717) is 22.5 Å². The summed E-state index contributed by atoms with van der Waals surface area (Å²) >= 11 is 0. The number of benzene rings is 3. The lowest BCUT2D eigenvalue weighted by atomic mass is 9.79. The molecular formula is C38H33F6N3. The van der Waals surface area contributed by atoms with Crippen LogP contribution in [0.5, 0.6) is 0 Å². The highest BCUT2D eigenvalue weighted by Gasteiger charge is 2.35. The number of rotatable bonds is 3. The van der Waals surface area contributed by atoms with E-state index < -0.39 is 28.9 Å². The third kappa shape index (κ3) is 6.11. The van der Waals surface area contributed by atoms with Gasteiger partial charge in [-0.3, -0.25) is 9.97 Å². The first kappa shape index (κ1) is 32.3. The second-order valence-corrected chi connectivity index (χ2v) is 13.9. The number of nitrogens with zero attached hydrogens (tertiary/aromatic N) is 2. The third-order valence-corrected chi connectivity index (χ3v) is 8.42. The summed E-state index contributed by atoms with van der Waals surface area (Å²) < 4.78 is 86.6. The maximum Gasteiger partial charge on any atom is 0.416 e. The number of H-pyrrole nitrogens is 1. The van der Waals surface area contributed by atoms with Gasteiger partial charge in [-0.05, 0) is 70.0 Å². The Morgan fingerprint density at radius 1 is 0.553 bits per heavy atom. The van der Waals surface area contributed by atoms with Gasteiger partial charge < -0.3 is 4.98 Å². The molecule has 9 heteroatoms. The van der Waals surface area contributed by atoms with Crippen LogP contribution in [0.3, 0.4) is 0 Å². The van der Waals surface area contributed by atoms with Crippen molar-refractivity contribution in [3.05, 3.63) is 107 Å². The molecule has 0 aliphatic heterocycles. The van der Waals surface area contributed by atoms with Crippen molar-refractivity contribution in [2.45, 2.75) is 64.7 Å². The summed E-state index contributed by atoms with van der Waals surface area (Å²) in [4.78, 5) is 12.4. The van der Waals surface area contributed by atoms with E-state index in [1.165, 1.54) is 0 Å². The van der Waals surface area contributed by atoms with Gasteiger partial charge in [0, 0.05) is 39.9 Å². The summed E-state index contributed by atoms with van der Waals surface area (Å²) in [7, 11) is 0. The first-order valence-corrected chi connectivity index (χ1v) is 15.1. The fraction of sp³-hybridized carbons (Fsp3) is 0.263. The maximum atomic E-state index is 14.5. The smallest absolute Gasteiger partial charge is 0.353 e. The molecule has 0 bridgehead atoms. The summed E-state index contributed by atoms with van der Waals surface area (Å²) in [5, 5.41) is 0.0589. The third-order valence-electron chi connectivity index (χ3n) is 8.42. The molecule has 0 unspecified atom stereocenters. The molecule has 0 aliphatic rings. The first-order chi connectivity index (χ1) is 21.8. The Balaban J connectivity index is 1.73. The molecule has 3 nitrogen and oxygen atoms in total. The van der Waals surface area contributed by atoms with Gasteiger partial charge in [-0.15, -0.1) is 0 Å². The van der Waals surface area contributed by atoms with Gasteiger partial charge in [-0.2, -0.15) is 26.3 Å². The van der Waals surface area contributed by atoms with Gasteiger partial charge in [0.05, 0.1) is 33.5 Å². The standard InChI is InChI=1S/C38H33F6N3/c1-35(2,3)25-19-30(36(4,5)6)34(46-20-25)29-18-24(38(42,43)44)17-28-27-16-23(37(39,40)41)15-26(32(27)47-33(28)29)21-10-9-11-22(14-21)31-12-7-8-13-45-31/h7-20,47H,1-6H3. The number of nitrogens with one attached hydrogen (secondary N) is 1. The van der Waals surface area contributed by atoms with Gasteiger partial charge in [-0.25, -0.2) is 0 Å². The summed E-state index contributed by atoms with van der Waals surface area (Å²) in [5.41, 5.74) is 1.94. The van der Waals surface area contributed by atoms with Crippen LogP contribution < -0.4 is 0 Å². The van der Waals surface area contributed by atoms with Gasteiger partial charge in [0.15, 0.2) is 0 Å². The van der Waals surface area contributed by atoms with Crippen LogP contribution in [0, 0.1) is 0 Å². The van der Waals surface area contributed by atoms with Crippen LogP contribution in [0.4, 0.5) is 26.3 Å². The number of halogens is 6. The van der Waals surface area contributed by atoms with Crippen LogP contribution >= 0.6 is 0 Å². The number of hydrogen-bond acceptors (Lipinski definition) is 2. The zero-order valence-electron chi connectivity index (χ0n) is 26.7. The molecule has 3 heterocycles. The molecule has 0 saturated carbocycles. The lowest BCUT2D eigenvalue weighted by molar-refractivity contribution is -0.138. The Morgan fingerprint density at radius 2 is 1.15 bits per heavy atom.